The maximum absolute atomic E-state index is 6.09. The van der Waals surface area contributed by atoms with Crippen molar-refractivity contribution < 1.29 is 0 Å². The summed E-state index contributed by atoms with van der Waals surface area (Å²) in [4.78, 5) is 6.42. The minimum atomic E-state index is 0.273. The predicted molar refractivity (Wildman–Crippen MR) is 85.9 cm³/mol. The van der Waals surface area contributed by atoms with Gasteiger partial charge in [0.25, 0.3) is 0 Å². The van der Waals surface area contributed by atoms with Gasteiger partial charge in [0.1, 0.15) is 0 Å². The second-order valence-electron chi connectivity index (χ2n) is 5.93. The summed E-state index contributed by atoms with van der Waals surface area (Å²) in [5.41, 5.74) is 10.3. The molecule has 2 aromatic rings. The van der Waals surface area contributed by atoms with Crippen LogP contribution in [-0.2, 0) is 6.54 Å². The zero-order chi connectivity index (χ0) is 14.7. The second-order valence-corrected chi connectivity index (χ2v) is 5.93. The molecular formula is C18H23N3. The van der Waals surface area contributed by atoms with Crippen molar-refractivity contribution in [2.24, 2.45) is 5.73 Å². The monoisotopic (exact) mass is 281 g/mol. The fraction of sp³-hybridized carbons (Fsp3) is 0.389. The van der Waals surface area contributed by atoms with Crippen molar-refractivity contribution in [3.05, 3.63) is 65.5 Å². The predicted octanol–water partition coefficient (Wildman–Crippen LogP) is 3.09. The van der Waals surface area contributed by atoms with E-state index in [0.29, 0.717) is 6.54 Å². The van der Waals surface area contributed by atoms with Crippen molar-refractivity contribution >= 4 is 0 Å². The first kappa shape index (κ1) is 14.2. The highest BCUT2D eigenvalue weighted by atomic mass is 15.1. The van der Waals surface area contributed by atoms with Gasteiger partial charge < -0.3 is 5.73 Å². The van der Waals surface area contributed by atoms with Gasteiger partial charge in [0, 0.05) is 31.5 Å². The highest BCUT2D eigenvalue weighted by molar-refractivity contribution is 5.36. The Balaban J connectivity index is 1.81. The summed E-state index contributed by atoms with van der Waals surface area (Å²) in [6.45, 7) is 1.54. The Morgan fingerprint density at radius 3 is 2.57 bits per heavy atom. The Morgan fingerprint density at radius 1 is 1.19 bits per heavy atom. The summed E-state index contributed by atoms with van der Waals surface area (Å²) in [6.07, 6.45) is 6.34. The van der Waals surface area contributed by atoms with E-state index in [-0.39, 0.29) is 6.04 Å². The van der Waals surface area contributed by atoms with Gasteiger partial charge in [-0.1, -0.05) is 24.3 Å². The van der Waals surface area contributed by atoms with Gasteiger partial charge >= 0.3 is 0 Å². The Hall–Kier alpha value is -1.71. The topological polar surface area (TPSA) is 42.2 Å². The van der Waals surface area contributed by atoms with Gasteiger partial charge in [-0.05, 0) is 54.6 Å². The standard InChI is InChI=1S/C18H23N3/c1-21(13-14-8-10-20-11-9-14)18(12-19)17-5-3-2-4-16(17)15-6-7-15/h2-5,8-11,15,18H,6-7,12-13,19H2,1H3. The number of hydrogen-bond acceptors (Lipinski definition) is 3. The lowest BCUT2D eigenvalue weighted by Gasteiger charge is -2.29. The van der Waals surface area contributed by atoms with E-state index in [4.69, 9.17) is 5.73 Å². The number of likely N-dealkylation sites (N-methyl/N-ethyl adjacent to an activating group) is 1. The third-order valence-electron chi connectivity index (χ3n) is 4.31. The van der Waals surface area contributed by atoms with Crippen molar-refractivity contribution in [2.75, 3.05) is 13.6 Å². The fourth-order valence-electron chi connectivity index (χ4n) is 3.01. The average molecular weight is 281 g/mol. The normalized spacial score (nSPS) is 16.1. The lowest BCUT2D eigenvalue weighted by molar-refractivity contribution is 0.240. The molecule has 3 rings (SSSR count). The molecule has 1 aromatic heterocycles. The molecule has 1 aliphatic rings. The zero-order valence-corrected chi connectivity index (χ0v) is 12.6. The molecule has 1 atom stereocenters. The van der Waals surface area contributed by atoms with Crippen molar-refractivity contribution in [1.29, 1.82) is 0 Å². The number of benzene rings is 1. The summed E-state index contributed by atoms with van der Waals surface area (Å²) in [6, 6.07) is 13.2. The Bertz CT molecular complexity index is 578. The van der Waals surface area contributed by atoms with Crippen molar-refractivity contribution in [3.8, 4) is 0 Å². The quantitative estimate of drug-likeness (QED) is 0.884. The zero-order valence-electron chi connectivity index (χ0n) is 12.6. The number of hydrogen-bond donors (Lipinski definition) is 1. The van der Waals surface area contributed by atoms with Gasteiger partial charge in [0.05, 0.1) is 0 Å². The van der Waals surface area contributed by atoms with Gasteiger partial charge in [0.15, 0.2) is 0 Å². The fourth-order valence-corrected chi connectivity index (χ4v) is 3.01. The number of pyridine rings is 1. The summed E-state index contributed by atoms with van der Waals surface area (Å²) in [7, 11) is 2.15. The summed E-state index contributed by atoms with van der Waals surface area (Å²) in [5, 5.41) is 0. The van der Waals surface area contributed by atoms with E-state index in [9.17, 15) is 0 Å². The molecule has 0 aliphatic heterocycles. The maximum Gasteiger partial charge on any atom is 0.0473 e. The van der Waals surface area contributed by atoms with Crippen LogP contribution in [0.5, 0.6) is 0 Å². The molecule has 1 fully saturated rings. The van der Waals surface area contributed by atoms with Crippen LogP contribution in [0.4, 0.5) is 0 Å². The highest BCUT2D eigenvalue weighted by Crippen LogP contribution is 2.43. The van der Waals surface area contributed by atoms with Gasteiger partial charge in [0.2, 0.25) is 0 Å². The largest absolute Gasteiger partial charge is 0.329 e. The van der Waals surface area contributed by atoms with Crippen molar-refractivity contribution in [3.63, 3.8) is 0 Å². The second kappa shape index (κ2) is 6.37. The first-order valence-electron chi connectivity index (χ1n) is 7.67. The molecule has 1 aliphatic carbocycles. The van der Waals surface area contributed by atoms with Gasteiger partial charge in [-0.3, -0.25) is 9.88 Å². The summed E-state index contributed by atoms with van der Waals surface area (Å²) in [5.74, 6) is 0.754. The van der Waals surface area contributed by atoms with E-state index in [1.807, 2.05) is 12.4 Å². The molecule has 3 heteroatoms. The molecule has 110 valence electrons. The van der Waals surface area contributed by atoms with Crippen LogP contribution in [-0.4, -0.2) is 23.5 Å². The third-order valence-corrected chi connectivity index (χ3v) is 4.31. The van der Waals surface area contributed by atoms with Crippen LogP contribution >= 0.6 is 0 Å². The molecule has 0 amide bonds. The number of aromatic nitrogens is 1. The molecule has 1 aromatic carbocycles. The number of rotatable bonds is 6. The van der Waals surface area contributed by atoms with E-state index < -0.39 is 0 Å². The van der Waals surface area contributed by atoms with E-state index in [1.165, 1.54) is 29.5 Å². The first-order chi connectivity index (χ1) is 10.3. The van der Waals surface area contributed by atoms with Gasteiger partial charge in [-0.25, -0.2) is 0 Å². The lowest BCUT2D eigenvalue weighted by atomic mass is 9.96. The first-order valence-corrected chi connectivity index (χ1v) is 7.67. The van der Waals surface area contributed by atoms with E-state index in [2.05, 4.69) is 53.3 Å². The van der Waals surface area contributed by atoms with Crippen molar-refractivity contribution in [1.82, 2.24) is 9.88 Å². The van der Waals surface area contributed by atoms with Crippen LogP contribution in [0.2, 0.25) is 0 Å². The lowest BCUT2D eigenvalue weighted by Crippen LogP contribution is -2.30. The molecule has 1 saturated carbocycles. The van der Waals surface area contributed by atoms with Crippen LogP contribution in [0, 0.1) is 0 Å². The number of nitrogens with zero attached hydrogens (tertiary/aromatic N) is 2. The minimum Gasteiger partial charge on any atom is -0.329 e. The summed E-state index contributed by atoms with van der Waals surface area (Å²) < 4.78 is 0. The van der Waals surface area contributed by atoms with Crippen molar-refractivity contribution in [2.45, 2.75) is 31.3 Å². The van der Waals surface area contributed by atoms with Gasteiger partial charge in [-0.15, -0.1) is 0 Å². The van der Waals surface area contributed by atoms with Crippen LogP contribution < -0.4 is 5.73 Å². The smallest absolute Gasteiger partial charge is 0.0473 e. The molecule has 0 radical (unpaired) electrons. The molecule has 1 unspecified atom stereocenters. The molecule has 0 spiro atoms. The Morgan fingerprint density at radius 2 is 1.90 bits per heavy atom. The number of nitrogens with two attached hydrogens (primary N) is 1. The van der Waals surface area contributed by atoms with E-state index in [0.717, 1.165) is 12.5 Å². The molecule has 1 heterocycles. The van der Waals surface area contributed by atoms with Crippen LogP contribution in [0.25, 0.3) is 0 Å². The molecular weight excluding hydrogens is 258 g/mol. The summed E-state index contributed by atoms with van der Waals surface area (Å²) >= 11 is 0. The van der Waals surface area contributed by atoms with Gasteiger partial charge in [-0.2, -0.15) is 0 Å². The SMILES string of the molecule is CN(Cc1ccncc1)C(CN)c1ccccc1C1CC1. The molecule has 0 saturated heterocycles. The third kappa shape index (κ3) is 3.31. The van der Waals surface area contributed by atoms with Crippen LogP contribution in [0.3, 0.4) is 0 Å². The maximum atomic E-state index is 6.09. The molecule has 21 heavy (non-hydrogen) atoms. The Kier molecular flexibility index (Phi) is 4.32. The Labute approximate surface area is 126 Å². The molecule has 2 N–H and O–H groups in total. The van der Waals surface area contributed by atoms with Crippen LogP contribution in [0.1, 0.15) is 41.5 Å². The molecule has 0 bridgehead atoms. The van der Waals surface area contributed by atoms with E-state index in [1.54, 1.807) is 0 Å². The highest BCUT2D eigenvalue weighted by Gasteiger charge is 2.28. The molecule has 3 nitrogen and oxygen atoms in total. The van der Waals surface area contributed by atoms with Crippen LogP contribution in [0.15, 0.2) is 48.8 Å². The average Bonchev–Trinajstić information content (AvgIpc) is 3.34. The van der Waals surface area contributed by atoms with E-state index >= 15 is 0 Å². The minimum absolute atomic E-state index is 0.273.